The zero-order valence-corrected chi connectivity index (χ0v) is 18.8. The van der Waals surface area contributed by atoms with Crippen molar-refractivity contribution in [2.75, 3.05) is 25.1 Å². The number of hydrogen-bond acceptors (Lipinski definition) is 5. The number of carbonyl (C=O) groups excluding carboxylic acids is 2. The summed E-state index contributed by atoms with van der Waals surface area (Å²) in [6.45, 7) is 3.53. The average Bonchev–Trinajstić information content (AvgIpc) is 3.56. The van der Waals surface area contributed by atoms with Crippen molar-refractivity contribution in [2.45, 2.75) is 51.2 Å². The molecule has 4 aliphatic rings. The summed E-state index contributed by atoms with van der Waals surface area (Å²) in [5, 5.41) is 2.95. The number of benzene rings is 2. The molecule has 2 atom stereocenters. The highest BCUT2D eigenvalue weighted by Crippen LogP contribution is 2.40. The standard InChI is InChI=1S/C26H28N2O5/c1-15-9-21(31-13-16-5-6-16)24-22(10-15)32-14-18-11-19(12-28(18)26(24)30)33-20-4-2-3-17-7-8-23(29)27-25(17)20/h2-4,9-10,16,18-19H,5-8,11-14H2,1H3,(H,27,29)/t18-,19+/m1/s1. The number of anilines is 1. The number of hydrogen-bond donors (Lipinski definition) is 1. The van der Waals surface area contributed by atoms with E-state index in [-0.39, 0.29) is 24.0 Å². The van der Waals surface area contributed by atoms with Crippen molar-refractivity contribution in [3.05, 3.63) is 47.0 Å². The summed E-state index contributed by atoms with van der Waals surface area (Å²) in [7, 11) is 0. The van der Waals surface area contributed by atoms with Gasteiger partial charge in [-0.1, -0.05) is 12.1 Å². The van der Waals surface area contributed by atoms with Crippen molar-refractivity contribution >= 4 is 17.5 Å². The molecule has 172 valence electrons. The highest BCUT2D eigenvalue weighted by Gasteiger charge is 2.42. The summed E-state index contributed by atoms with van der Waals surface area (Å²) in [6, 6.07) is 9.64. The van der Waals surface area contributed by atoms with Gasteiger partial charge in [-0.3, -0.25) is 9.59 Å². The Morgan fingerprint density at radius 1 is 1.15 bits per heavy atom. The van der Waals surface area contributed by atoms with Gasteiger partial charge in [0.05, 0.1) is 24.9 Å². The molecule has 1 N–H and O–H groups in total. The number of aryl methyl sites for hydroxylation is 2. The molecule has 0 unspecified atom stereocenters. The monoisotopic (exact) mass is 448 g/mol. The van der Waals surface area contributed by atoms with Crippen molar-refractivity contribution in [3.63, 3.8) is 0 Å². The lowest BCUT2D eigenvalue weighted by Gasteiger charge is -2.23. The second-order valence-electron chi connectivity index (χ2n) is 9.63. The largest absolute Gasteiger partial charge is 0.492 e. The number of carbonyl (C=O) groups is 2. The van der Waals surface area contributed by atoms with Gasteiger partial charge in [-0.25, -0.2) is 0 Å². The number of nitrogens with one attached hydrogen (secondary N) is 1. The summed E-state index contributed by atoms with van der Waals surface area (Å²) in [5.41, 5.74) is 3.39. The minimum Gasteiger partial charge on any atom is -0.492 e. The summed E-state index contributed by atoms with van der Waals surface area (Å²) in [5.74, 6) is 2.43. The molecule has 6 rings (SSSR count). The topological polar surface area (TPSA) is 77.1 Å². The van der Waals surface area contributed by atoms with E-state index in [0.717, 1.165) is 16.8 Å². The maximum absolute atomic E-state index is 13.6. The molecule has 3 heterocycles. The summed E-state index contributed by atoms with van der Waals surface area (Å²) >= 11 is 0. The highest BCUT2D eigenvalue weighted by molar-refractivity contribution is 6.00. The SMILES string of the molecule is Cc1cc(OCC2CC2)c2c(c1)OC[C@H]1C[C@H](Oc3cccc4c3NC(=O)CC4)CN1C2=O. The van der Waals surface area contributed by atoms with E-state index in [1.165, 1.54) is 12.8 Å². The third-order valence-electron chi connectivity index (χ3n) is 6.96. The molecule has 3 aliphatic heterocycles. The smallest absolute Gasteiger partial charge is 0.261 e. The van der Waals surface area contributed by atoms with Crippen LogP contribution in [0.3, 0.4) is 0 Å². The zero-order valence-electron chi connectivity index (χ0n) is 18.8. The fraction of sp³-hybridized carbons (Fsp3) is 0.462. The summed E-state index contributed by atoms with van der Waals surface area (Å²) in [6.07, 6.45) is 4.09. The lowest BCUT2D eigenvalue weighted by molar-refractivity contribution is -0.116. The Hall–Kier alpha value is -3.22. The van der Waals surface area contributed by atoms with Crippen LogP contribution in [-0.4, -0.2) is 48.6 Å². The number of ether oxygens (including phenoxy) is 3. The van der Waals surface area contributed by atoms with E-state index in [4.69, 9.17) is 14.2 Å². The molecule has 2 fully saturated rings. The second kappa shape index (κ2) is 7.97. The number of fused-ring (bicyclic) bond motifs is 3. The minimum absolute atomic E-state index is 0.00749. The summed E-state index contributed by atoms with van der Waals surface area (Å²) < 4.78 is 18.5. The Labute approximate surface area is 193 Å². The van der Waals surface area contributed by atoms with Crippen molar-refractivity contribution < 1.29 is 23.8 Å². The third-order valence-corrected chi connectivity index (χ3v) is 6.96. The van der Waals surface area contributed by atoms with Gasteiger partial charge < -0.3 is 24.4 Å². The van der Waals surface area contributed by atoms with Crippen LogP contribution >= 0.6 is 0 Å². The van der Waals surface area contributed by atoms with Crippen LogP contribution in [0.15, 0.2) is 30.3 Å². The normalized spacial score (nSPS) is 23.6. The predicted octanol–water partition coefficient (Wildman–Crippen LogP) is 3.72. The van der Waals surface area contributed by atoms with Crippen LogP contribution in [0.25, 0.3) is 0 Å². The molecule has 0 radical (unpaired) electrons. The Morgan fingerprint density at radius 3 is 2.88 bits per heavy atom. The first-order chi connectivity index (χ1) is 16.0. The molecule has 1 saturated heterocycles. The van der Waals surface area contributed by atoms with E-state index in [1.54, 1.807) is 0 Å². The molecular weight excluding hydrogens is 420 g/mol. The van der Waals surface area contributed by atoms with Gasteiger partial charge in [0.1, 0.15) is 35.5 Å². The maximum Gasteiger partial charge on any atom is 0.261 e. The molecule has 7 heteroatoms. The molecule has 1 saturated carbocycles. The Morgan fingerprint density at radius 2 is 2.03 bits per heavy atom. The molecule has 33 heavy (non-hydrogen) atoms. The quantitative estimate of drug-likeness (QED) is 0.754. The van der Waals surface area contributed by atoms with Crippen LogP contribution in [0.2, 0.25) is 0 Å². The first-order valence-electron chi connectivity index (χ1n) is 11.8. The fourth-order valence-electron chi connectivity index (χ4n) is 5.00. The van der Waals surface area contributed by atoms with E-state index < -0.39 is 0 Å². The van der Waals surface area contributed by atoms with Crippen molar-refractivity contribution in [2.24, 2.45) is 5.92 Å². The van der Waals surface area contributed by atoms with Gasteiger partial charge in [0, 0.05) is 12.8 Å². The van der Waals surface area contributed by atoms with Crippen molar-refractivity contribution in [1.29, 1.82) is 0 Å². The third kappa shape index (κ3) is 3.90. The Kier molecular flexibility index (Phi) is 4.93. The first-order valence-corrected chi connectivity index (χ1v) is 11.8. The number of amides is 2. The van der Waals surface area contributed by atoms with E-state index in [2.05, 4.69) is 5.32 Å². The second-order valence-corrected chi connectivity index (χ2v) is 9.63. The van der Waals surface area contributed by atoms with Crippen LogP contribution in [0.5, 0.6) is 17.2 Å². The van der Waals surface area contributed by atoms with Crippen LogP contribution in [-0.2, 0) is 11.2 Å². The van der Waals surface area contributed by atoms with Crippen LogP contribution in [0, 0.1) is 12.8 Å². The molecular formula is C26H28N2O5. The van der Waals surface area contributed by atoms with Gasteiger partial charge in [0.15, 0.2) is 0 Å². The first kappa shape index (κ1) is 20.4. The zero-order chi connectivity index (χ0) is 22.5. The van der Waals surface area contributed by atoms with E-state index in [9.17, 15) is 9.59 Å². The van der Waals surface area contributed by atoms with Gasteiger partial charge in [-0.15, -0.1) is 0 Å². The van der Waals surface area contributed by atoms with Crippen LogP contribution in [0.1, 0.15) is 47.2 Å². The van der Waals surface area contributed by atoms with Gasteiger partial charge in [0.2, 0.25) is 5.91 Å². The van der Waals surface area contributed by atoms with Gasteiger partial charge in [-0.05, 0) is 61.4 Å². The molecule has 1 aliphatic carbocycles. The van der Waals surface area contributed by atoms with Crippen molar-refractivity contribution in [3.8, 4) is 17.2 Å². The van der Waals surface area contributed by atoms with Gasteiger partial charge in [0.25, 0.3) is 5.91 Å². The number of nitrogens with zero attached hydrogens (tertiary/aromatic N) is 1. The number of para-hydroxylation sites is 1. The van der Waals surface area contributed by atoms with E-state index in [1.807, 2.05) is 42.2 Å². The maximum atomic E-state index is 13.6. The molecule has 0 aromatic heterocycles. The van der Waals surface area contributed by atoms with Crippen LogP contribution < -0.4 is 19.5 Å². The molecule has 2 amide bonds. The molecule has 7 nitrogen and oxygen atoms in total. The molecule has 2 aromatic carbocycles. The minimum atomic E-state index is -0.171. The van der Waals surface area contributed by atoms with E-state index >= 15 is 0 Å². The van der Waals surface area contributed by atoms with Crippen molar-refractivity contribution in [1.82, 2.24) is 4.90 Å². The molecule has 0 bridgehead atoms. The van der Waals surface area contributed by atoms with Gasteiger partial charge in [-0.2, -0.15) is 0 Å². The van der Waals surface area contributed by atoms with Gasteiger partial charge >= 0.3 is 0 Å². The Bertz CT molecular complexity index is 1130. The predicted molar refractivity (Wildman–Crippen MR) is 122 cm³/mol. The lowest BCUT2D eigenvalue weighted by atomic mass is 10.0. The molecule has 0 spiro atoms. The molecule has 2 aromatic rings. The Balaban J connectivity index is 1.23. The average molecular weight is 449 g/mol. The fourth-order valence-corrected chi connectivity index (χ4v) is 5.00. The number of rotatable bonds is 5. The lowest BCUT2D eigenvalue weighted by Crippen LogP contribution is -2.37. The summed E-state index contributed by atoms with van der Waals surface area (Å²) in [4.78, 5) is 27.4. The van der Waals surface area contributed by atoms with E-state index in [0.29, 0.717) is 67.8 Å². The van der Waals surface area contributed by atoms with Crippen LogP contribution in [0.4, 0.5) is 5.69 Å². The highest BCUT2D eigenvalue weighted by atomic mass is 16.5.